The number of hydrogen-bond acceptors (Lipinski definition) is 5. The van der Waals surface area contributed by atoms with Crippen molar-refractivity contribution in [3.8, 4) is 0 Å². The summed E-state index contributed by atoms with van der Waals surface area (Å²) < 4.78 is 5.49. The van der Waals surface area contributed by atoms with Crippen molar-refractivity contribution >= 4 is 11.9 Å². The Hall–Kier alpha value is -1.66. The Balaban J connectivity index is 3.44. The average molecular weight is 1080 g/mol. The van der Waals surface area contributed by atoms with Crippen molar-refractivity contribution in [1.82, 2.24) is 5.32 Å². The van der Waals surface area contributed by atoms with Crippen molar-refractivity contribution in [2.75, 3.05) is 13.2 Å². The highest BCUT2D eigenvalue weighted by molar-refractivity contribution is 5.76. The first-order valence-corrected chi connectivity index (χ1v) is 35.1. The number of aliphatic hydroxyl groups is 2. The van der Waals surface area contributed by atoms with E-state index in [0.717, 1.165) is 44.9 Å². The fourth-order valence-electron chi connectivity index (χ4n) is 11.1. The Morgan fingerprint density at radius 2 is 0.649 bits per heavy atom. The highest BCUT2D eigenvalue weighted by atomic mass is 16.5. The Morgan fingerprint density at radius 1 is 0.364 bits per heavy atom. The lowest BCUT2D eigenvalue weighted by Crippen LogP contribution is -2.45. The van der Waals surface area contributed by atoms with E-state index in [1.165, 1.54) is 315 Å². The first-order chi connectivity index (χ1) is 38.0. The molecular formula is C71H137NO5. The normalized spacial score (nSPS) is 12.6. The lowest BCUT2D eigenvalue weighted by molar-refractivity contribution is -0.143. The van der Waals surface area contributed by atoms with Crippen LogP contribution < -0.4 is 5.32 Å². The zero-order valence-corrected chi connectivity index (χ0v) is 52.2. The molecule has 0 rings (SSSR count). The number of hydrogen-bond donors (Lipinski definition) is 3. The molecular weight excluding hydrogens is 947 g/mol. The number of nitrogens with one attached hydrogen (secondary N) is 1. The molecule has 2 unspecified atom stereocenters. The van der Waals surface area contributed by atoms with E-state index in [1.54, 1.807) is 0 Å². The van der Waals surface area contributed by atoms with Gasteiger partial charge in [0.25, 0.3) is 0 Å². The molecule has 456 valence electrons. The van der Waals surface area contributed by atoms with Gasteiger partial charge in [0.05, 0.1) is 25.4 Å². The van der Waals surface area contributed by atoms with Crippen molar-refractivity contribution in [2.24, 2.45) is 0 Å². The highest BCUT2D eigenvalue weighted by Gasteiger charge is 2.20. The first kappa shape index (κ1) is 75.3. The summed E-state index contributed by atoms with van der Waals surface area (Å²) in [7, 11) is 0. The maximum Gasteiger partial charge on any atom is 0.305 e. The van der Waals surface area contributed by atoms with Crippen LogP contribution in [-0.2, 0) is 14.3 Å². The summed E-state index contributed by atoms with van der Waals surface area (Å²) in [5.74, 6) is -0.0307. The molecule has 0 aromatic heterocycles. The van der Waals surface area contributed by atoms with Crippen molar-refractivity contribution in [3.63, 3.8) is 0 Å². The van der Waals surface area contributed by atoms with Gasteiger partial charge in [0.2, 0.25) is 5.91 Å². The summed E-state index contributed by atoms with van der Waals surface area (Å²) >= 11 is 0. The number of allylic oxidation sites excluding steroid dienone is 4. The second kappa shape index (κ2) is 66.8. The highest BCUT2D eigenvalue weighted by Crippen LogP contribution is 2.19. The van der Waals surface area contributed by atoms with Crippen molar-refractivity contribution in [2.45, 2.75) is 405 Å². The van der Waals surface area contributed by atoms with Crippen LogP contribution in [0.5, 0.6) is 0 Å². The SMILES string of the molecule is CCCCCCCCCCCCCCCCCCCCCCCCCC(O)C(CO)NC(=O)CCCCCCCCC/C=C\C/C=C\CCCCCCCCCCCOC(=O)CCCCCCCCCCCCCCCC. The molecule has 3 N–H and O–H groups in total. The van der Waals surface area contributed by atoms with E-state index in [-0.39, 0.29) is 18.5 Å². The van der Waals surface area contributed by atoms with Crippen LogP contribution in [-0.4, -0.2) is 47.4 Å². The van der Waals surface area contributed by atoms with Gasteiger partial charge in [-0.05, 0) is 57.8 Å². The van der Waals surface area contributed by atoms with E-state index in [2.05, 4.69) is 43.5 Å². The molecule has 2 atom stereocenters. The number of carbonyl (C=O) groups is 2. The van der Waals surface area contributed by atoms with Gasteiger partial charge in [-0.25, -0.2) is 0 Å². The molecule has 0 fully saturated rings. The van der Waals surface area contributed by atoms with Gasteiger partial charge in [-0.1, -0.05) is 346 Å². The summed E-state index contributed by atoms with van der Waals surface area (Å²) in [4.78, 5) is 24.6. The molecule has 0 radical (unpaired) electrons. The molecule has 0 spiro atoms. The Morgan fingerprint density at radius 3 is 0.987 bits per heavy atom. The van der Waals surface area contributed by atoms with Gasteiger partial charge in [0.15, 0.2) is 0 Å². The van der Waals surface area contributed by atoms with Crippen LogP contribution in [0.15, 0.2) is 24.3 Å². The lowest BCUT2D eigenvalue weighted by atomic mass is 10.0. The molecule has 0 saturated carbocycles. The van der Waals surface area contributed by atoms with Gasteiger partial charge in [-0.2, -0.15) is 0 Å². The number of carbonyl (C=O) groups excluding carboxylic acids is 2. The summed E-state index contributed by atoms with van der Waals surface area (Å²) in [6, 6.07) is -0.550. The maximum atomic E-state index is 12.5. The van der Waals surface area contributed by atoms with Gasteiger partial charge < -0.3 is 20.3 Å². The van der Waals surface area contributed by atoms with Crippen molar-refractivity contribution in [3.05, 3.63) is 24.3 Å². The van der Waals surface area contributed by atoms with Gasteiger partial charge in [-0.15, -0.1) is 0 Å². The predicted octanol–water partition coefficient (Wildman–Crippen LogP) is 22.5. The van der Waals surface area contributed by atoms with E-state index in [0.29, 0.717) is 25.9 Å². The minimum atomic E-state index is -0.672. The van der Waals surface area contributed by atoms with Crippen LogP contribution in [0, 0.1) is 0 Å². The Bertz CT molecular complexity index is 1200. The molecule has 0 aliphatic rings. The van der Waals surface area contributed by atoms with E-state index in [4.69, 9.17) is 4.74 Å². The van der Waals surface area contributed by atoms with Crippen LogP contribution in [0.3, 0.4) is 0 Å². The number of ether oxygens (including phenoxy) is 1. The summed E-state index contributed by atoms with van der Waals surface area (Å²) in [6.07, 6.45) is 83.6. The van der Waals surface area contributed by atoms with Gasteiger partial charge in [-0.3, -0.25) is 9.59 Å². The van der Waals surface area contributed by atoms with Crippen LogP contribution in [0.4, 0.5) is 0 Å². The largest absolute Gasteiger partial charge is 0.466 e. The third-order valence-electron chi connectivity index (χ3n) is 16.5. The standard InChI is InChI=1S/C71H137NO5/c1-3-5-7-9-11-13-15-17-19-20-21-22-24-27-30-33-36-39-43-47-51-55-59-63-69(74)68(67-73)72-70(75)64-60-56-52-48-44-40-37-34-31-28-25-23-26-29-32-35-38-42-46-50-54-58-62-66-77-71(76)65-61-57-53-49-45-41-18-16-14-12-10-8-6-4-2/h23,26,28,31,68-69,73-74H,3-22,24-25,27,29-30,32-67H2,1-2H3,(H,72,75)/b26-23-,31-28-. The molecule has 0 heterocycles. The fraction of sp³-hybridized carbons (Fsp3) is 0.915. The molecule has 6 nitrogen and oxygen atoms in total. The molecule has 0 saturated heterocycles. The van der Waals surface area contributed by atoms with Gasteiger partial charge in [0.1, 0.15) is 0 Å². The minimum Gasteiger partial charge on any atom is -0.466 e. The van der Waals surface area contributed by atoms with Crippen LogP contribution in [0.1, 0.15) is 393 Å². The van der Waals surface area contributed by atoms with Crippen LogP contribution in [0.2, 0.25) is 0 Å². The lowest BCUT2D eigenvalue weighted by Gasteiger charge is -2.22. The van der Waals surface area contributed by atoms with Gasteiger partial charge >= 0.3 is 5.97 Å². The average Bonchev–Trinajstić information content (AvgIpc) is 3.43. The molecule has 0 aliphatic heterocycles. The minimum absolute atomic E-state index is 0.0102. The number of esters is 1. The number of rotatable bonds is 66. The second-order valence-electron chi connectivity index (χ2n) is 24.2. The van der Waals surface area contributed by atoms with E-state index >= 15 is 0 Å². The monoisotopic (exact) mass is 1080 g/mol. The van der Waals surface area contributed by atoms with Gasteiger partial charge in [0, 0.05) is 12.8 Å². The molecule has 1 amide bonds. The molecule has 77 heavy (non-hydrogen) atoms. The third-order valence-corrected chi connectivity index (χ3v) is 16.5. The fourth-order valence-corrected chi connectivity index (χ4v) is 11.1. The molecule has 0 aromatic rings. The molecule has 6 heteroatoms. The molecule has 0 bridgehead atoms. The number of amides is 1. The Kier molecular flexibility index (Phi) is 65.4. The molecule has 0 aliphatic carbocycles. The zero-order valence-electron chi connectivity index (χ0n) is 52.2. The third kappa shape index (κ3) is 63.4. The van der Waals surface area contributed by atoms with Crippen LogP contribution in [0.25, 0.3) is 0 Å². The predicted molar refractivity (Wildman–Crippen MR) is 338 cm³/mol. The number of unbranched alkanes of at least 4 members (excludes halogenated alkanes) is 51. The Labute approximate surface area is 481 Å². The second-order valence-corrected chi connectivity index (χ2v) is 24.2. The first-order valence-electron chi connectivity index (χ1n) is 35.1. The van der Waals surface area contributed by atoms with E-state index < -0.39 is 12.1 Å². The topological polar surface area (TPSA) is 95.9 Å². The van der Waals surface area contributed by atoms with E-state index in [1.807, 2.05) is 0 Å². The zero-order chi connectivity index (χ0) is 55.7. The summed E-state index contributed by atoms with van der Waals surface area (Å²) in [5.41, 5.74) is 0. The number of aliphatic hydroxyl groups excluding tert-OH is 2. The van der Waals surface area contributed by atoms with Crippen molar-refractivity contribution in [1.29, 1.82) is 0 Å². The quantitative estimate of drug-likeness (QED) is 0.0320. The summed E-state index contributed by atoms with van der Waals surface area (Å²) in [5, 5.41) is 23.4. The summed E-state index contributed by atoms with van der Waals surface area (Å²) in [6.45, 7) is 4.98. The van der Waals surface area contributed by atoms with Crippen molar-refractivity contribution < 1.29 is 24.5 Å². The van der Waals surface area contributed by atoms with Crippen LogP contribution >= 0.6 is 0 Å². The molecule has 0 aromatic carbocycles. The smallest absolute Gasteiger partial charge is 0.305 e. The maximum absolute atomic E-state index is 12.5. The van der Waals surface area contributed by atoms with E-state index in [9.17, 15) is 19.8 Å².